The highest BCUT2D eigenvalue weighted by atomic mass is 32.2. The fourth-order valence-corrected chi connectivity index (χ4v) is 3.01. The highest BCUT2D eigenvalue weighted by Gasteiger charge is 2.27. The lowest BCUT2D eigenvalue weighted by molar-refractivity contribution is 0.252. The Labute approximate surface area is 106 Å². The van der Waals surface area contributed by atoms with Crippen LogP contribution in [0.3, 0.4) is 0 Å². The molecule has 0 bridgehead atoms. The smallest absolute Gasteiger partial charge is 0.147 e. The third kappa shape index (κ3) is 7.04. The summed E-state index contributed by atoms with van der Waals surface area (Å²) in [5.41, 5.74) is 0.266. The van der Waals surface area contributed by atoms with E-state index in [0.29, 0.717) is 5.75 Å². The van der Waals surface area contributed by atoms with E-state index in [2.05, 4.69) is 19.2 Å². The van der Waals surface area contributed by atoms with Crippen molar-refractivity contribution >= 4 is 9.84 Å². The summed E-state index contributed by atoms with van der Waals surface area (Å²) in [6, 6.07) is 0.737. The number of nitrogens with one attached hydrogen (secondary N) is 1. The molecule has 1 rings (SSSR count). The van der Waals surface area contributed by atoms with Crippen LogP contribution in [0.1, 0.15) is 52.4 Å². The molecule has 0 aliphatic heterocycles. The highest BCUT2D eigenvalue weighted by molar-refractivity contribution is 7.90. The lowest BCUT2D eigenvalue weighted by Crippen LogP contribution is -2.33. The Kier molecular flexibility index (Phi) is 5.45. The number of hydrogen-bond donors (Lipinski definition) is 1. The second-order valence-electron chi connectivity index (χ2n) is 5.95. The SMILES string of the molecule is CCCC(C)(CCCS(C)(=O)=O)CNC1CC1. The van der Waals surface area contributed by atoms with E-state index in [4.69, 9.17) is 0 Å². The zero-order valence-corrected chi connectivity index (χ0v) is 12.3. The summed E-state index contributed by atoms with van der Waals surface area (Å²) in [7, 11) is -2.80. The van der Waals surface area contributed by atoms with Crippen LogP contribution in [0.4, 0.5) is 0 Å². The van der Waals surface area contributed by atoms with Gasteiger partial charge in [0, 0.05) is 24.6 Å². The van der Waals surface area contributed by atoms with Crippen LogP contribution in [-0.2, 0) is 9.84 Å². The van der Waals surface area contributed by atoms with Gasteiger partial charge in [-0.1, -0.05) is 20.3 Å². The molecule has 3 nitrogen and oxygen atoms in total. The van der Waals surface area contributed by atoms with Crippen molar-refractivity contribution in [2.75, 3.05) is 18.6 Å². The minimum absolute atomic E-state index is 0.266. The second-order valence-corrected chi connectivity index (χ2v) is 8.21. The van der Waals surface area contributed by atoms with Crippen LogP contribution in [0.25, 0.3) is 0 Å². The van der Waals surface area contributed by atoms with E-state index in [1.54, 1.807) is 0 Å². The molecule has 0 aromatic carbocycles. The van der Waals surface area contributed by atoms with Crippen molar-refractivity contribution in [1.29, 1.82) is 0 Å². The maximum Gasteiger partial charge on any atom is 0.147 e. The molecule has 0 radical (unpaired) electrons. The van der Waals surface area contributed by atoms with Crippen molar-refractivity contribution in [2.45, 2.75) is 58.4 Å². The Morgan fingerprint density at radius 1 is 1.29 bits per heavy atom. The summed E-state index contributed by atoms with van der Waals surface area (Å²) < 4.78 is 22.3. The van der Waals surface area contributed by atoms with E-state index in [0.717, 1.165) is 25.4 Å². The Hall–Kier alpha value is -0.0900. The van der Waals surface area contributed by atoms with Gasteiger partial charge in [0.25, 0.3) is 0 Å². The molecule has 1 fully saturated rings. The van der Waals surface area contributed by atoms with Gasteiger partial charge in [-0.25, -0.2) is 8.42 Å². The minimum atomic E-state index is -2.80. The summed E-state index contributed by atoms with van der Waals surface area (Å²) in [5, 5.41) is 3.58. The first-order chi connectivity index (χ1) is 7.85. The van der Waals surface area contributed by atoms with Gasteiger partial charge in [-0.05, 0) is 37.5 Å². The van der Waals surface area contributed by atoms with E-state index in [1.165, 1.54) is 31.9 Å². The van der Waals surface area contributed by atoms with Gasteiger partial charge in [-0.3, -0.25) is 0 Å². The molecule has 0 heterocycles. The van der Waals surface area contributed by atoms with Crippen LogP contribution in [-0.4, -0.2) is 33.0 Å². The first kappa shape index (κ1) is 15.0. The second kappa shape index (κ2) is 6.19. The van der Waals surface area contributed by atoms with Gasteiger partial charge in [0.1, 0.15) is 9.84 Å². The standard InChI is InChI=1S/C13H27NO2S/c1-4-8-13(2,11-14-12-6-7-12)9-5-10-17(3,15)16/h12,14H,4-11H2,1-3H3. The monoisotopic (exact) mass is 261 g/mol. The zero-order chi connectivity index (χ0) is 12.9. The normalized spacial score (nSPS) is 20.2. The quantitative estimate of drug-likeness (QED) is 0.693. The predicted molar refractivity (Wildman–Crippen MR) is 73.0 cm³/mol. The van der Waals surface area contributed by atoms with E-state index in [-0.39, 0.29) is 5.41 Å². The maximum absolute atomic E-state index is 11.1. The lowest BCUT2D eigenvalue weighted by Gasteiger charge is -2.30. The summed E-state index contributed by atoms with van der Waals surface area (Å²) in [6.07, 6.45) is 8.09. The van der Waals surface area contributed by atoms with Crippen molar-refractivity contribution in [3.05, 3.63) is 0 Å². The number of rotatable bonds is 9. The van der Waals surface area contributed by atoms with Gasteiger partial charge in [0.15, 0.2) is 0 Å². The van der Waals surface area contributed by atoms with E-state index in [1.807, 2.05) is 0 Å². The van der Waals surface area contributed by atoms with Gasteiger partial charge in [0.2, 0.25) is 0 Å². The molecule has 17 heavy (non-hydrogen) atoms. The van der Waals surface area contributed by atoms with Crippen molar-refractivity contribution in [3.63, 3.8) is 0 Å². The molecule has 0 aromatic heterocycles. The summed E-state index contributed by atoms with van der Waals surface area (Å²) in [5.74, 6) is 0.329. The van der Waals surface area contributed by atoms with Crippen molar-refractivity contribution in [2.24, 2.45) is 5.41 Å². The first-order valence-electron chi connectivity index (χ1n) is 6.76. The van der Waals surface area contributed by atoms with Crippen LogP contribution in [0.15, 0.2) is 0 Å². The zero-order valence-electron chi connectivity index (χ0n) is 11.5. The number of hydrogen-bond acceptors (Lipinski definition) is 3. The molecule has 102 valence electrons. The molecule has 1 aliphatic carbocycles. The topological polar surface area (TPSA) is 46.2 Å². The Balaban J connectivity index is 2.33. The van der Waals surface area contributed by atoms with Gasteiger partial charge in [-0.2, -0.15) is 0 Å². The summed E-state index contributed by atoms with van der Waals surface area (Å²) in [4.78, 5) is 0. The van der Waals surface area contributed by atoms with Crippen LogP contribution in [0.2, 0.25) is 0 Å². The average Bonchev–Trinajstić information content (AvgIpc) is 2.96. The van der Waals surface area contributed by atoms with E-state index < -0.39 is 9.84 Å². The fourth-order valence-electron chi connectivity index (χ4n) is 2.34. The Morgan fingerprint density at radius 2 is 1.94 bits per heavy atom. The molecule has 1 saturated carbocycles. The van der Waals surface area contributed by atoms with Crippen molar-refractivity contribution in [1.82, 2.24) is 5.32 Å². The van der Waals surface area contributed by atoms with Crippen LogP contribution in [0, 0.1) is 5.41 Å². The van der Waals surface area contributed by atoms with E-state index in [9.17, 15) is 8.42 Å². The largest absolute Gasteiger partial charge is 0.313 e. The summed E-state index contributed by atoms with van der Waals surface area (Å²) in [6.45, 7) is 5.52. The third-order valence-corrected chi connectivity index (χ3v) is 4.57. The molecule has 0 aromatic rings. The molecule has 1 N–H and O–H groups in total. The third-order valence-electron chi connectivity index (χ3n) is 3.54. The molecular weight excluding hydrogens is 234 g/mol. The molecule has 0 spiro atoms. The Morgan fingerprint density at radius 3 is 2.41 bits per heavy atom. The van der Waals surface area contributed by atoms with Gasteiger partial charge in [0.05, 0.1) is 0 Å². The minimum Gasteiger partial charge on any atom is -0.313 e. The summed E-state index contributed by atoms with van der Waals surface area (Å²) >= 11 is 0. The van der Waals surface area contributed by atoms with Crippen LogP contribution < -0.4 is 5.32 Å². The van der Waals surface area contributed by atoms with Crippen molar-refractivity contribution in [3.8, 4) is 0 Å². The molecule has 1 aliphatic rings. The molecule has 0 saturated heterocycles. The highest BCUT2D eigenvalue weighted by Crippen LogP contribution is 2.30. The van der Waals surface area contributed by atoms with E-state index >= 15 is 0 Å². The van der Waals surface area contributed by atoms with Gasteiger partial charge in [-0.15, -0.1) is 0 Å². The Bertz CT molecular complexity index is 322. The lowest BCUT2D eigenvalue weighted by atomic mass is 9.81. The first-order valence-corrected chi connectivity index (χ1v) is 8.82. The molecular formula is C13H27NO2S. The maximum atomic E-state index is 11.1. The van der Waals surface area contributed by atoms with Crippen LogP contribution >= 0.6 is 0 Å². The molecule has 1 unspecified atom stereocenters. The van der Waals surface area contributed by atoms with Crippen molar-refractivity contribution < 1.29 is 8.42 Å². The van der Waals surface area contributed by atoms with Gasteiger partial charge >= 0.3 is 0 Å². The molecule has 0 amide bonds. The predicted octanol–water partition coefficient (Wildman–Crippen LogP) is 2.37. The van der Waals surface area contributed by atoms with Crippen LogP contribution in [0.5, 0.6) is 0 Å². The van der Waals surface area contributed by atoms with Gasteiger partial charge < -0.3 is 5.32 Å². The number of sulfone groups is 1. The molecule has 1 atom stereocenters. The molecule has 4 heteroatoms. The average molecular weight is 261 g/mol. The fraction of sp³-hybridized carbons (Fsp3) is 1.00.